The van der Waals surface area contributed by atoms with Crippen LogP contribution in [-0.2, 0) is 17.6 Å². The molecule has 162 valence electrons. The number of ether oxygens (including phenoxy) is 1. The van der Waals surface area contributed by atoms with E-state index in [1.807, 2.05) is 43.3 Å². The summed E-state index contributed by atoms with van der Waals surface area (Å²) in [7, 11) is 0. The molecule has 0 saturated heterocycles. The van der Waals surface area contributed by atoms with E-state index in [1.54, 1.807) is 30.3 Å². The van der Waals surface area contributed by atoms with E-state index in [4.69, 9.17) is 4.74 Å². The number of carbonyl (C=O) groups excluding carboxylic acids is 3. The van der Waals surface area contributed by atoms with Crippen LogP contribution in [0, 0.1) is 0 Å². The maximum atomic E-state index is 12.6. The Kier molecular flexibility index (Phi) is 6.17. The second-order valence-corrected chi connectivity index (χ2v) is 7.45. The van der Waals surface area contributed by atoms with Gasteiger partial charge in [-0.25, -0.2) is 0 Å². The second-order valence-electron chi connectivity index (χ2n) is 7.45. The first-order valence-corrected chi connectivity index (χ1v) is 10.4. The summed E-state index contributed by atoms with van der Waals surface area (Å²) in [6.07, 6.45) is 0.752. The molecule has 1 aliphatic heterocycles. The van der Waals surface area contributed by atoms with E-state index in [0.717, 1.165) is 17.5 Å². The maximum Gasteiger partial charge on any atom is 0.269 e. The summed E-state index contributed by atoms with van der Waals surface area (Å²) in [5.74, 6) is -0.490. The lowest BCUT2D eigenvalue weighted by molar-refractivity contribution is -0.122. The molecule has 3 amide bonds. The van der Waals surface area contributed by atoms with E-state index < -0.39 is 17.9 Å². The van der Waals surface area contributed by atoms with Crippen molar-refractivity contribution in [2.24, 2.45) is 0 Å². The van der Waals surface area contributed by atoms with Crippen molar-refractivity contribution >= 4 is 23.4 Å². The van der Waals surface area contributed by atoms with Crippen molar-refractivity contribution in [1.29, 1.82) is 0 Å². The molecule has 7 nitrogen and oxygen atoms in total. The summed E-state index contributed by atoms with van der Waals surface area (Å²) < 4.78 is 5.70. The molecular formula is C25H23N3O4. The van der Waals surface area contributed by atoms with Gasteiger partial charge in [-0.1, -0.05) is 43.3 Å². The van der Waals surface area contributed by atoms with Gasteiger partial charge in [0.15, 0.2) is 6.10 Å². The highest BCUT2D eigenvalue weighted by Gasteiger charge is 2.28. The Morgan fingerprint density at radius 1 is 0.875 bits per heavy atom. The van der Waals surface area contributed by atoms with E-state index in [9.17, 15) is 14.4 Å². The van der Waals surface area contributed by atoms with Crippen LogP contribution in [0.5, 0.6) is 5.75 Å². The van der Waals surface area contributed by atoms with Crippen LogP contribution in [0.15, 0.2) is 72.8 Å². The second kappa shape index (κ2) is 9.34. The number of fused-ring (bicyclic) bond motifs is 1. The normalized spacial score (nSPS) is 14.1. The molecule has 0 spiro atoms. The fraction of sp³-hybridized carbons (Fsp3) is 0.160. The van der Waals surface area contributed by atoms with Gasteiger partial charge >= 0.3 is 0 Å². The van der Waals surface area contributed by atoms with Crippen molar-refractivity contribution < 1.29 is 19.1 Å². The van der Waals surface area contributed by atoms with Gasteiger partial charge in [-0.3, -0.25) is 25.2 Å². The lowest BCUT2D eigenvalue weighted by atomic mass is 10.1. The first-order valence-electron chi connectivity index (χ1n) is 10.4. The van der Waals surface area contributed by atoms with Crippen molar-refractivity contribution in [2.75, 3.05) is 5.32 Å². The monoisotopic (exact) mass is 429 g/mol. The van der Waals surface area contributed by atoms with Crippen LogP contribution in [0.3, 0.4) is 0 Å². The van der Waals surface area contributed by atoms with Gasteiger partial charge in [-0.2, -0.15) is 0 Å². The van der Waals surface area contributed by atoms with E-state index in [0.29, 0.717) is 29.0 Å². The molecule has 4 rings (SSSR count). The molecular weight excluding hydrogens is 406 g/mol. The van der Waals surface area contributed by atoms with Crippen LogP contribution in [0.2, 0.25) is 0 Å². The third-order valence-electron chi connectivity index (χ3n) is 5.25. The molecule has 7 heteroatoms. The molecule has 1 aliphatic rings. The van der Waals surface area contributed by atoms with Gasteiger partial charge in [0.2, 0.25) is 0 Å². The van der Waals surface area contributed by atoms with E-state index in [-0.39, 0.29) is 5.91 Å². The molecule has 1 unspecified atom stereocenters. The highest BCUT2D eigenvalue weighted by atomic mass is 16.5. The van der Waals surface area contributed by atoms with E-state index in [2.05, 4.69) is 16.2 Å². The van der Waals surface area contributed by atoms with Crippen LogP contribution in [-0.4, -0.2) is 23.8 Å². The average molecular weight is 429 g/mol. The number of para-hydroxylation sites is 1. The molecule has 0 radical (unpaired) electrons. The van der Waals surface area contributed by atoms with Crippen molar-refractivity contribution in [3.63, 3.8) is 0 Å². The molecule has 1 heterocycles. The highest BCUT2D eigenvalue weighted by molar-refractivity contribution is 6.00. The summed E-state index contributed by atoms with van der Waals surface area (Å²) in [5, 5.41) is 2.78. The maximum absolute atomic E-state index is 12.6. The van der Waals surface area contributed by atoms with Gasteiger partial charge in [0.05, 0.1) is 0 Å². The van der Waals surface area contributed by atoms with Crippen molar-refractivity contribution in [2.45, 2.75) is 25.9 Å². The van der Waals surface area contributed by atoms with Crippen molar-refractivity contribution in [3.8, 4) is 5.75 Å². The number of rotatable bonds is 5. The Balaban J connectivity index is 1.33. The smallest absolute Gasteiger partial charge is 0.269 e. The first-order chi connectivity index (χ1) is 15.5. The Morgan fingerprint density at radius 3 is 2.31 bits per heavy atom. The summed E-state index contributed by atoms with van der Waals surface area (Å²) in [6, 6.07) is 21.2. The molecule has 0 aromatic heterocycles. The minimum atomic E-state index is -0.622. The Hall–Kier alpha value is -4.13. The molecule has 0 aliphatic carbocycles. The number of anilines is 1. The lowest BCUT2D eigenvalue weighted by Gasteiger charge is -2.12. The number of amides is 3. The topological polar surface area (TPSA) is 96.5 Å². The molecule has 0 fully saturated rings. The largest absolute Gasteiger partial charge is 0.480 e. The number of aryl methyl sites for hydroxylation is 1. The minimum absolute atomic E-state index is 0.289. The molecule has 3 aromatic rings. The predicted octanol–water partition coefficient (Wildman–Crippen LogP) is 3.27. The van der Waals surface area contributed by atoms with Crippen LogP contribution in [0.1, 0.15) is 38.8 Å². The zero-order valence-corrected chi connectivity index (χ0v) is 17.6. The number of hydrogen-bond acceptors (Lipinski definition) is 4. The fourth-order valence-corrected chi connectivity index (χ4v) is 3.44. The number of nitrogens with one attached hydrogen (secondary N) is 3. The quantitative estimate of drug-likeness (QED) is 0.543. The van der Waals surface area contributed by atoms with E-state index in [1.165, 1.54) is 6.07 Å². The van der Waals surface area contributed by atoms with Crippen molar-refractivity contribution in [1.82, 2.24) is 10.9 Å². The highest BCUT2D eigenvalue weighted by Crippen LogP contribution is 2.28. The van der Waals surface area contributed by atoms with Gasteiger partial charge in [-0.05, 0) is 53.9 Å². The third-order valence-corrected chi connectivity index (χ3v) is 5.25. The number of hydrazine groups is 1. The summed E-state index contributed by atoms with van der Waals surface area (Å²) >= 11 is 0. The molecule has 3 aromatic carbocycles. The van der Waals surface area contributed by atoms with Crippen LogP contribution in [0.4, 0.5) is 5.69 Å². The molecule has 0 saturated carbocycles. The number of benzene rings is 3. The standard InChI is InChI=1S/C25H23N3O4/c1-2-16-10-12-17(13-11-16)23(29)27-28-24(30)19-7-5-8-20(14-19)26-25(31)22-15-18-6-3-4-9-21(18)32-22/h3-14,22H,2,15H2,1H3,(H,26,31)(H,27,29)(H,28,30). The summed E-state index contributed by atoms with van der Waals surface area (Å²) in [5.41, 5.74) is 8.11. The first kappa shape index (κ1) is 21.1. The molecule has 1 atom stereocenters. The number of hydrogen-bond donors (Lipinski definition) is 3. The Morgan fingerprint density at radius 2 is 1.59 bits per heavy atom. The Bertz CT molecular complexity index is 1130. The zero-order valence-electron chi connectivity index (χ0n) is 17.6. The van der Waals surface area contributed by atoms with Gasteiger partial charge in [0.25, 0.3) is 17.7 Å². The predicted molar refractivity (Wildman–Crippen MR) is 120 cm³/mol. The van der Waals surface area contributed by atoms with E-state index >= 15 is 0 Å². The lowest BCUT2D eigenvalue weighted by Crippen LogP contribution is -2.41. The Labute approximate surface area is 185 Å². The molecule has 32 heavy (non-hydrogen) atoms. The van der Waals surface area contributed by atoms with Crippen molar-refractivity contribution in [3.05, 3.63) is 95.1 Å². The summed E-state index contributed by atoms with van der Waals surface area (Å²) in [6.45, 7) is 2.03. The average Bonchev–Trinajstić information content (AvgIpc) is 3.27. The summed E-state index contributed by atoms with van der Waals surface area (Å²) in [4.78, 5) is 37.3. The minimum Gasteiger partial charge on any atom is -0.480 e. The molecule has 0 bridgehead atoms. The van der Waals surface area contributed by atoms with Crippen LogP contribution >= 0.6 is 0 Å². The molecule has 3 N–H and O–H groups in total. The number of carbonyl (C=O) groups is 3. The van der Waals surface area contributed by atoms with Gasteiger partial charge in [-0.15, -0.1) is 0 Å². The SMILES string of the molecule is CCc1ccc(C(=O)NNC(=O)c2cccc(NC(=O)C3Cc4ccccc4O3)c2)cc1. The fourth-order valence-electron chi connectivity index (χ4n) is 3.44. The zero-order chi connectivity index (χ0) is 22.5. The van der Waals surface area contributed by atoms with Gasteiger partial charge in [0, 0.05) is 23.2 Å². The third kappa shape index (κ3) is 4.78. The van der Waals surface area contributed by atoms with Crippen LogP contribution < -0.4 is 20.9 Å². The van der Waals surface area contributed by atoms with Crippen LogP contribution in [0.25, 0.3) is 0 Å². The van der Waals surface area contributed by atoms with Gasteiger partial charge < -0.3 is 10.1 Å². The van der Waals surface area contributed by atoms with Gasteiger partial charge in [0.1, 0.15) is 5.75 Å².